The predicted octanol–water partition coefficient (Wildman–Crippen LogP) is 3.95. The minimum atomic E-state index is -0.0543. The van der Waals surface area contributed by atoms with Gasteiger partial charge in [-0.3, -0.25) is 4.79 Å². The lowest BCUT2D eigenvalue weighted by Crippen LogP contribution is -2.28. The van der Waals surface area contributed by atoms with Crippen LogP contribution >= 0.6 is 11.6 Å². The van der Waals surface area contributed by atoms with E-state index >= 15 is 0 Å². The van der Waals surface area contributed by atoms with Gasteiger partial charge in [0.25, 0.3) is 0 Å². The Bertz CT molecular complexity index is 996. The Morgan fingerprint density at radius 3 is 2.96 bits per heavy atom. The zero-order valence-corrected chi connectivity index (χ0v) is 15.5. The maximum atomic E-state index is 11.1. The summed E-state index contributed by atoms with van der Waals surface area (Å²) in [5.41, 5.74) is 4.99. The molecule has 1 aliphatic heterocycles. The van der Waals surface area contributed by atoms with Crippen molar-refractivity contribution in [3.63, 3.8) is 0 Å². The van der Waals surface area contributed by atoms with Gasteiger partial charge in [0, 0.05) is 41.2 Å². The molecule has 2 heterocycles. The summed E-state index contributed by atoms with van der Waals surface area (Å²) >= 11 is 6.55. The topological polar surface area (TPSA) is 57.4 Å². The van der Waals surface area contributed by atoms with Crippen molar-refractivity contribution < 1.29 is 9.53 Å². The molecule has 134 valence electrons. The lowest BCUT2D eigenvalue weighted by Gasteiger charge is -2.28. The molecule has 3 aromatic rings. The van der Waals surface area contributed by atoms with Gasteiger partial charge in [0.1, 0.15) is 12.4 Å². The highest BCUT2D eigenvalue weighted by molar-refractivity contribution is 6.34. The number of likely N-dealkylation sites (N-methyl/N-ethyl adjacent to an activating group) is 1. The minimum Gasteiger partial charge on any atom is -0.490 e. The quantitative estimate of drug-likeness (QED) is 0.734. The monoisotopic (exact) mass is 369 g/mol. The molecule has 2 aromatic carbocycles. The molecule has 2 N–H and O–H groups in total. The van der Waals surface area contributed by atoms with Gasteiger partial charge in [-0.2, -0.15) is 0 Å². The molecule has 0 bridgehead atoms. The number of ether oxygens (including phenoxy) is 1. The summed E-state index contributed by atoms with van der Waals surface area (Å²) in [4.78, 5) is 16.6. The SMILES string of the molecule is CC(=O)NCc1cc2cc(Cl)c(-c3ccc4c(c3)OCCN4C)cc2[nH]1. The van der Waals surface area contributed by atoms with Crippen LogP contribution in [-0.4, -0.2) is 31.1 Å². The molecule has 6 heteroatoms. The van der Waals surface area contributed by atoms with Gasteiger partial charge in [-0.15, -0.1) is 0 Å². The molecular formula is C20H20ClN3O2. The number of carbonyl (C=O) groups is 1. The fourth-order valence-corrected chi connectivity index (χ4v) is 3.56. The summed E-state index contributed by atoms with van der Waals surface area (Å²) < 4.78 is 5.81. The van der Waals surface area contributed by atoms with Crippen molar-refractivity contribution in [3.8, 4) is 16.9 Å². The summed E-state index contributed by atoms with van der Waals surface area (Å²) in [6.45, 7) is 3.55. The molecule has 5 nitrogen and oxygen atoms in total. The fraction of sp³-hybridized carbons (Fsp3) is 0.250. The van der Waals surface area contributed by atoms with Crippen molar-refractivity contribution in [2.75, 3.05) is 25.1 Å². The van der Waals surface area contributed by atoms with Crippen LogP contribution in [0.15, 0.2) is 36.4 Å². The van der Waals surface area contributed by atoms with E-state index in [9.17, 15) is 4.79 Å². The van der Waals surface area contributed by atoms with Crippen molar-refractivity contribution in [1.82, 2.24) is 10.3 Å². The fourth-order valence-electron chi connectivity index (χ4n) is 3.27. The number of amides is 1. The highest BCUT2D eigenvalue weighted by Gasteiger charge is 2.17. The van der Waals surface area contributed by atoms with E-state index in [1.807, 2.05) is 24.3 Å². The molecule has 1 amide bonds. The second-order valence-corrected chi connectivity index (χ2v) is 6.98. The van der Waals surface area contributed by atoms with Crippen LogP contribution in [0, 0.1) is 0 Å². The van der Waals surface area contributed by atoms with Gasteiger partial charge in [0.05, 0.1) is 18.8 Å². The molecule has 1 aromatic heterocycles. The second kappa shape index (κ2) is 6.57. The maximum absolute atomic E-state index is 11.1. The first-order valence-corrected chi connectivity index (χ1v) is 8.93. The number of halogens is 1. The Labute approximate surface area is 156 Å². The Morgan fingerprint density at radius 1 is 1.31 bits per heavy atom. The summed E-state index contributed by atoms with van der Waals surface area (Å²) in [5.74, 6) is 0.826. The molecule has 0 saturated heterocycles. The van der Waals surface area contributed by atoms with E-state index in [4.69, 9.17) is 16.3 Å². The number of anilines is 1. The average molecular weight is 370 g/mol. The van der Waals surface area contributed by atoms with E-state index in [0.29, 0.717) is 18.2 Å². The Balaban J connectivity index is 1.72. The van der Waals surface area contributed by atoms with Gasteiger partial charge >= 0.3 is 0 Å². The zero-order valence-electron chi connectivity index (χ0n) is 14.7. The second-order valence-electron chi connectivity index (χ2n) is 6.58. The number of fused-ring (bicyclic) bond motifs is 2. The number of nitrogens with one attached hydrogen (secondary N) is 2. The lowest BCUT2D eigenvalue weighted by atomic mass is 10.0. The maximum Gasteiger partial charge on any atom is 0.217 e. The van der Waals surface area contributed by atoms with Gasteiger partial charge in [0.2, 0.25) is 5.91 Å². The Morgan fingerprint density at radius 2 is 2.15 bits per heavy atom. The molecule has 26 heavy (non-hydrogen) atoms. The standard InChI is InChI=1S/C20H20ClN3O2/c1-12(25)22-11-15-7-14-8-17(21)16(10-18(14)23-15)13-3-4-19-20(9-13)26-6-5-24(19)2/h3-4,7-10,23H,5-6,11H2,1-2H3,(H,22,25). The Kier molecular flexibility index (Phi) is 4.24. The smallest absolute Gasteiger partial charge is 0.217 e. The Hall–Kier alpha value is -2.66. The molecular weight excluding hydrogens is 350 g/mol. The highest BCUT2D eigenvalue weighted by Crippen LogP contribution is 2.38. The first-order chi connectivity index (χ1) is 12.5. The third-order valence-electron chi connectivity index (χ3n) is 4.66. The molecule has 1 aliphatic rings. The van der Waals surface area contributed by atoms with Crippen LogP contribution in [0.1, 0.15) is 12.6 Å². The molecule has 0 saturated carbocycles. The van der Waals surface area contributed by atoms with Gasteiger partial charge in [-0.05, 0) is 35.9 Å². The van der Waals surface area contributed by atoms with E-state index < -0.39 is 0 Å². The molecule has 0 spiro atoms. The molecule has 4 rings (SSSR count). The van der Waals surface area contributed by atoms with E-state index in [-0.39, 0.29) is 5.91 Å². The minimum absolute atomic E-state index is 0.0543. The normalized spacial score (nSPS) is 13.4. The van der Waals surface area contributed by atoms with Crippen molar-refractivity contribution in [3.05, 3.63) is 47.1 Å². The number of H-pyrrole nitrogens is 1. The van der Waals surface area contributed by atoms with Crippen molar-refractivity contribution in [1.29, 1.82) is 0 Å². The first-order valence-electron chi connectivity index (χ1n) is 8.55. The summed E-state index contributed by atoms with van der Waals surface area (Å²) in [6, 6.07) is 12.2. The number of carbonyl (C=O) groups excluding carboxylic acids is 1. The third kappa shape index (κ3) is 3.10. The molecule has 0 aliphatic carbocycles. The number of aromatic nitrogens is 1. The summed E-state index contributed by atoms with van der Waals surface area (Å²) in [6.07, 6.45) is 0. The van der Waals surface area contributed by atoms with Crippen LogP contribution in [0.5, 0.6) is 5.75 Å². The van der Waals surface area contributed by atoms with Crippen molar-refractivity contribution >= 4 is 34.1 Å². The predicted molar refractivity (Wildman–Crippen MR) is 105 cm³/mol. The van der Waals surface area contributed by atoms with E-state index in [2.05, 4.69) is 34.4 Å². The number of nitrogens with zero attached hydrogens (tertiary/aromatic N) is 1. The van der Waals surface area contributed by atoms with E-state index in [1.54, 1.807) is 0 Å². The largest absolute Gasteiger partial charge is 0.490 e. The number of hydrogen-bond donors (Lipinski definition) is 2. The number of aromatic amines is 1. The molecule has 0 unspecified atom stereocenters. The third-order valence-corrected chi connectivity index (χ3v) is 4.97. The van der Waals surface area contributed by atoms with Gasteiger partial charge in [-0.1, -0.05) is 17.7 Å². The van der Waals surface area contributed by atoms with Crippen LogP contribution in [0.4, 0.5) is 5.69 Å². The molecule has 0 radical (unpaired) electrons. The lowest BCUT2D eigenvalue weighted by molar-refractivity contribution is -0.119. The average Bonchev–Trinajstić information content (AvgIpc) is 3.01. The number of rotatable bonds is 3. The van der Waals surface area contributed by atoms with Crippen LogP contribution in [0.3, 0.4) is 0 Å². The summed E-state index contributed by atoms with van der Waals surface area (Å²) in [5, 5.41) is 4.51. The highest BCUT2D eigenvalue weighted by atomic mass is 35.5. The van der Waals surface area contributed by atoms with Gasteiger partial charge < -0.3 is 19.9 Å². The summed E-state index contributed by atoms with van der Waals surface area (Å²) in [7, 11) is 2.07. The molecule has 0 fully saturated rings. The van der Waals surface area contributed by atoms with Crippen LogP contribution in [0.2, 0.25) is 5.02 Å². The van der Waals surface area contributed by atoms with E-state index in [0.717, 1.165) is 45.7 Å². The van der Waals surface area contributed by atoms with Crippen molar-refractivity contribution in [2.24, 2.45) is 0 Å². The van der Waals surface area contributed by atoms with Gasteiger partial charge in [-0.25, -0.2) is 0 Å². The number of benzene rings is 2. The van der Waals surface area contributed by atoms with Crippen LogP contribution in [0.25, 0.3) is 22.0 Å². The van der Waals surface area contributed by atoms with E-state index in [1.165, 1.54) is 6.92 Å². The first kappa shape index (κ1) is 16.8. The van der Waals surface area contributed by atoms with Crippen LogP contribution in [-0.2, 0) is 11.3 Å². The molecule has 0 atom stereocenters. The zero-order chi connectivity index (χ0) is 18.3. The van der Waals surface area contributed by atoms with Crippen molar-refractivity contribution in [2.45, 2.75) is 13.5 Å². The van der Waals surface area contributed by atoms with Crippen LogP contribution < -0.4 is 15.0 Å². The van der Waals surface area contributed by atoms with Gasteiger partial charge in [0.15, 0.2) is 0 Å². The number of hydrogen-bond acceptors (Lipinski definition) is 3.